The van der Waals surface area contributed by atoms with E-state index in [1.54, 1.807) is 10.0 Å². The van der Waals surface area contributed by atoms with Crippen molar-refractivity contribution in [3.63, 3.8) is 0 Å². The number of anilines is 2. The van der Waals surface area contributed by atoms with Crippen LogP contribution in [-0.2, 0) is 24.7 Å². The van der Waals surface area contributed by atoms with Gasteiger partial charge in [0.2, 0.25) is 10.0 Å². The Balaban J connectivity index is 1.70. The SMILES string of the molecule is CC(C)(C)CCN1C(=O)C(C2CS(=O)(=O)c3cc(NS(C)(=O)=O)ccc3N2)=C(O)C2=CCCN21. The molecular weight excluding hydrogens is 480 g/mol. The van der Waals surface area contributed by atoms with Crippen LogP contribution in [0.5, 0.6) is 0 Å². The van der Waals surface area contributed by atoms with Crippen LogP contribution in [0.25, 0.3) is 0 Å². The van der Waals surface area contributed by atoms with Gasteiger partial charge in [-0.15, -0.1) is 0 Å². The molecule has 10 nitrogen and oxygen atoms in total. The molecule has 12 heteroatoms. The summed E-state index contributed by atoms with van der Waals surface area (Å²) in [6, 6.07) is 3.19. The third kappa shape index (κ3) is 4.74. The van der Waals surface area contributed by atoms with E-state index in [0.717, 1.165) is 12.7 Å². The van der Waals surface area contributed by atoms with Gasteiger partial charge in [0.05, 0.1) is 39.9 Å². The van der Waals surface area contributed by atoms with Crippen LogP contribution < -0.4 is 10.0 Å². The lowest BCUT2D eigenvalue weighted by Gasteiger charge is -2.42. The van der Waals surface area contributed by atoms with Gasteiger partial charge in [0.15, 0.2) is 15.6 Å². The average molecular weight is 511 g/mol. The summed E-state index contributed by atoms with van der Waals surface area (Å²) < 4.78 is 51.6. The molecule has 3 heterocycles. The highest BCUT2D eigenvalue weighted by atomic mass is 32.2. The maximum absolute atomic E-state index is 13.6. The predicted octanol–water partition coefficient (Wildman–Crippen LogP) is 2.22. The Hall–Kier alpha value is -2.73. The highest BCUT2D eigenvalue weighted by molar-refractivity contribution is 7.92. The number of sulfone groups is 1. The van der Waals surface area contributed by atoms with Crippen LogP contribution >= 0.6 is 0 Å². The highest BCUT2D eigenvalue weighted by Crippen LogP contribution is 2.38. The van der Waals surface area contributed by atoms with Gasteiger partial charge in [0.1, 0.15) is 0 Å². The number of hydrogen-bond acceptors (Lipinski definition) is 8. The summed E-state index contributed by atoms with van der Waals surface area (Å²) in [4.78, 5) is 13.5. The standard InChI is InChI=1S/C22H30N4O6S2/c1-22(2,3)9-11-26-21(28)19(20(27)17-6-5-10-25(17)26)16-13-34(31,32)18-12-14(24-33(4,29)30)7-8-15(18)23-16/h6-8,12,16,23-24,27H,5,9-11,13H2,1-4H3. The molecule has 0 radical (unpaired) electrons. The number of nitrogens with one attached hydrogen (secondary N) is 2. The second-order valence-corrected chi connectivity index (χ2v) is 13.8. The number of rotatable bonds is 5. The molecule has 1 aromatic rings. The lowest BCUT2D eigenvalue weighted by Crippen LogP contribution is -2.53. The Morgan fingerprint density at radius 2 is 1.97 bits per heavy atom. The first kappa shape index (κ1) is 24.4. The van der Waals surface area contributed by atoms with Crippen molar-refractivity contribution in [3.8, 4) is 0 Å². The van der Waals surface area contributed by atoms with E-state index in [0.29, 0.717) is 25.2 Å². The second-order valence-electron chi connectivity index (χ2n) is 10.1. The van der Waals surface area contributed by atoms with Gasteiger partial charge >= 0.3 is 0 Å². The second kappa shape index (κ2) is 8.19. The molecule has 0 fully saturated rings. The van der Waals surface area contributed by atoms with Crippen LogP contribution in [0.3, 0.4) is 0 Å². The van der Waals surface area contributed by atoms with Crippen molar-refractivity contribution in [3.05, 3.63) is 41.3 Å². The summed E-state index contributed by atoms with van der Waals surface area (Å²) in [5.74, 6) is -1.08. The molecule has 3 aliphatic heterocycles. The molecule has 3 N–H and O–H groups in total. The van der Waals surface area contributed by atoms with Crippen molar-refractivity contribution in [1.29, 1.82) is 0 Å². The van der Waals surface area contributed by atoms with Crippen LogP contribution in [0.4, 0.5) is 11.4 Å². The van der Waals surface area contributed by atoms with Gasteiger partial charge in [0.25, 0.3) is 5.91 Å². The van der Waals surface area contributed by atoms with Crippen molar-refractivity contribution in [2.75, 3.05) is 35.1 Å². The van der Waals surface area contributed by atoms with E-state index in [1.165, 1.54) is 18.2 Å². The van der Waals surface area contributed by atoms with Crippen molar-refractivity contribution in [2.45, 2.75) is 44.6 Å². The van der Waals surface area contributed by atoms with Crippen LogP contribution in [0.15, 0.2) is 46.2 Å². The minimum atomic E-state index is -3.89. The number of hydrogen-bond donors (Lipinski definition) is 3. The number of hydrazine groups is 1. The zero-order valence-corrected chi connectivity index (χ0v) is 21.3. The molecule has 3 aliphatic rings. The lowest BCUT2D eigenvalue weighted by atomic mass is 9.92. The van der Waals surface area contributed by atoms with Crippen LogP contribution in [-0.4, -0.2) is 69.0 Å². The summed E-state index contributed by atoms with van der Waals surface area (Å²) in [5, 5.41) is 17.5. The Morgan fingerprint density at radius 3 is 2.62 bits per heavy atom. The van der Waals surface area contributed by atoms with E-state index < -0.39 is 37.6 Å². The zero-order chi connectivity index (χ0) is 25.1. The van der Waals surface area contributed by atoms with Gasteiger partial charge in [-0.2, -0.15) is 0 Å². The summed E-state index contributed by atoms with van der Waals surface area (Å²) in [5.41, 5.74) is 0.886. The van der Waals surface area contributed by atoms with Crippen molar-refractivity contribution >= 4 is 37.1 Å². The topological polar surface area (TPSA) is 136 Å². The number of carbonyl (C=O) groups excluding carboxylic acids is 1. The van der Waals surface area contributed by atoms with E-state index in [4.69, 9.17) is 0 Å². The third-order valence-corrected chi connectivity index (χ3v) is 8.36. The Kier molecular flexibility index (Phi) is 5.88. The fourth-order valence-electron chi connectivity index (χ4n) is 4.36. The summed E-state index contributed by atoms with van der Waals surface area (Å²) in [7, 11) is -7.47. The highest BCUT2D eigenvalue weighted by Gasteiger charge is 2.44. The van der Waals surface area contributed by atoms with Gasteiger partial charge in [-0.3, -0.25) is 14.5 Å². The lowest BCUT2D eigenvalue weighted by molar-refractivity contribution is -0.143. The van der Waals surface area contributed by atoms with Crippen molar-refractivity contribution < 1.29 is 26.7 Å². The fraction of sp³-hybridized carbons (Fsp3) is 0.500. The smallest absolute Gasteiger partial charge is 0.274 e. The Morgan fingerprint density at radius 1 is 1.26 bits per heavy atom. The van der Waals surface area contributed by atoms with Crippen molar-refractivity contribution in [2.24, 2.45) is 5.41 Å². The Labute approximate surface area is 200 Å². The first-order valence-electron chi connectivity index (χ1n) is 11.0. The largest absolute Gasteiger partial charge is 0.505 e. The first-order valence-corrected chi connectivity index (χ1v) is 14.5. The number of benzene rings is 1. The van der Waals surface area contributed by atoms with Crippen LogP contribution in [0, 0.1) is 5.41 Å². The molecule has 0 aliphatic carbocycles. The van der Waals surface area contributed by atoms with E-state index in [-0.39, 0.29) is 33.0 Å². The molecular formula is C22H30N4O6S2. The normalized spacial score (nSPS) is 22.2. The minimum absolute atomic E-state index is 0.0175. The summed E-state index contributed by atoms with van der Waals surface area (Å²) >= 11 is 0. The molecule has 0 bridgehead atoms. The molecule has 0 aromatic heterocycles. The molecule has 1 unspecified atom stereocenters. The molecule has 0 spiro atoms. The fourth-order valence-corrected chi connectivity index (χ4v) is 6.55. The van der Waals surface area contributed by atoms with Gasteiger partial charge in [-0.25, -0.2) is 21.8 Å². The van der Waals surface area contributed by atoms with E-state index >= 15 is 0 Å². The number of nitrogens with zero attached hydrogens (tertiary/aromatic N) is 2. The van der Waals surface area contributed by atoms with E-state index in [9.17, 15) is 26.7 Å². The van der Waals surface area contributed by atoms with Gasteiger partial charge in [-0.1, -0.05) is 26.8 Å². The first-order chi connectivity index (χ1) is 15.7. The number of aliphatic hydroxyl groups is 1. The third-order valence-electron chi connectivity index (χ3n) is 5.97. The van der Waals surface area contributed by atoms with E-state index in [1.807, 2.05) is 6.08 Å². The number of aliphatic hydroxyl groups excluding tert-OH is 1. The monoisotopic (exact) mass is 510 g/mol. The van der Waals surface area contributed by atoms with Gasteiger partial charge in [-0.05, 0) is 36.5 Å². The molecule has 0 saturated heterocycles. The molecule has 1 aromatic carbocycles. The Bertz CT molecular complexity index is 1310. The zero-order valence-electron chi connectivity index (χ0n) is 19.6. The molecule has 1 atom stereocenters. The number of amides is 1. The number of sulfonamides is 1. The summed E-state index contributed by atoms with van der Waals surface area (Å²) in [6.45, 7) is 7.24. The van der Waals surface area contributed by atoms with Gasteiger partial charge in [0, 0.05) is 18.8 Å². The van der Waals surface area contributed by atoms with Crippen LogP contribution in [0.1, 0.15) is 33.6 Å². The van der Waals surface area contributed by atoms with Crippen molar-refractivity contribution in [1.82, 2.24) is 10.0 Å². The van der Waals surface area contributed by atoms with E-state index in [2.05, 4.69) is 30.8 Å². The maximum Gasteiger partial charge on any atom is 0.274 e. The molecule has 0 saturated carbocycles. The number of fused-ring (bicyclic) bond motifs is 2. The maximum atomic E-state index is 13.6. The minimum Gasteiger partial charge on any atom is -0.505 e. The molecule has 186 valence electrons. The molecule has 34 heavy (non-hydrogen) atoms. The predicted molar refractivity (Wildman–Crippen MR) is 129 cm³/mol. The molecule has 4 rings (SSSR count). The summed E-state index contributed by atoms with van der Waals surface area (Å²) in [6.07, 6.45) is 4.22. The average Bonchev–Trinajstić information content (AvgIpc) is 3.16. The molecule has 1 amide bonds. The van der Waals surface area contributed by atoms with Crippen LogP contribution in [0.2, 0.25) is 0 Å². The number of carbonyl (C=O) groups is 1. The quantitative estimate of drug-likeness (QED) is 0.549. The van der Waals surface area contributed by atoms with Gasteiger partial charge < -0.3 is 10.4 Å².